The van der Waals surface area contributed by atoms with Gasteiger partial charge in [0.05, 0.1) is 18.8 Å². The fraction of sp³-hybridized carbons (Fsp3) is 0.552. The molecule has 1 aromatic carbocycles. The number of likely N-dealkylation sites (tertiary alicyclic amines) is 2. The zero-order valence-corrected chi connectivity index (χ0v) is 21.4. The molecule has 3 aliphatic heterocycles. The Morgan fingerprint density at radius 3 is 2.53 bits per heavy atom. The summed E-state index contributed by atoms with van der Waals surface area (Å²) in [6, 6.07) is 6.10. The van der Waals surface area contributed by atoms with Crippen molar-refractivity contribution in [2.75, 3.05) is 39.8 Å². The minimum Gasteiger partial charge on any atom is -0.496 e. The van der Waals surface area contributed by atoms with Crippen molar-refractivity contribution in [3.8, 4) is 5.75 Å². The van der Waals surface area contributed by atoms with Gasteiger partial charge in [0.25, 0.3) is 5.91 Å². The molecule has 3 aliphatic rings. The highest BCUT2D eigenvalue weighted by atomic mass is 16.5. The lowest BCUT2D eigenvalue weighted by molar-refractivity contribution is -0.124. The monoisotopic (exact) mass is 463 g/mol. The fourth-order valence-corrected chi connectivity index (χ4v) is 5.43. The third-order valence-corrected chi connectivity index (χ3v) is 7.65. The number of hydrogen-bond donors (Lipinski definition) is 0. The van der Waals surface area contributed by atoms with E-state index in [0.29, 0.717) is 0 Å². The van der Waals surface area contributed by atoms with Gasteiger partial charge < -0.3 is 19.4 Å². The molecule has 0 aliphatic carbocycles. The molecule has 5 heteroatoms. The Balaban J connectivity index is 1.38. The van der Waals surface area contributed by atoms with E-state index in [1.807, 2.05) is 30.9 Å². The second-order valence-electron chi connectivity index (χ2n) is 10.2. The van der Waals surface area contributed by atoms with E-state index in [9.17, 15) is 4.79 Å². The van der Waals surface area contributed by atoms with Crippen LogP contribution in [0.4, 0.5) is 0 Å². The van der Waals surface area contributed by atoms with Crippen LogP contribution in [0.3, 0.4) is 0 Å². The molecule has 34 heavy (non-hydrogen) atoms. The standard InChI is InChI=1S/C29H41N3O2/c1-22(26-9-11-28(34-4)23(2)18-26)19-29(33)32-21-27(10-8-24(32)3)31-16-12-25(13-17-31)20-30-14-6-5-7-15-30/h8-11,18-19,21,24-25H,5-7,12-17,20H2,1-4H3/b22-19+. The molecule has 0 radical (unpaired) electrons. The average molecular weight is 464 g/mol. The van der Waals surface area contributed by atoms with Crippen LogP contribution in [-0.4, -0.2) is 66.5 Å². The maximum atomic E-state index is 13.2. The van der Waals surface area contributed by atoms with E-state index in [1.54, 1.807) is 13.2 Å². The maximum absolute atomic E-state index is 13.2. The summed E-state index contributed by atoms with van der Waals surface area (Å²) in [6.07, 6.45) is 14.8. The van der Waals surface area contributed by atoms with Gasteiger partial charge in [0.15, 0.2) is 0 Å². The van der Waals surface area contributed by atoms with Gasteiger partial charge in [-0.05, 0) is 100 Å². The molecule has 0 spiro atoms. The lowest BCUT2D eigenvalue weighted by atomic mass is 9.94. The highest BCUT2D eigenvalue weighted by Crippen LogP contribution is 2.27. The van der Waals surface area contributed by atoms with Crippen LogP contribution in [0.1, 0.15) is 57.1 Å². The van der Waals surface area contributed by atoms with Crippen molar-refractivity contribution < 1.29 is 9.53 Å². The number of amides is 1. The third-order valence-electron chi connectivity index (χ3n) is 7.65. The Morgan fingerprint density at radius 1 is 1.12 bits per heavy atom. The summed E-state index contributed by atoms with van der Waals surface area (Å²) in [4.78, 5) is 20.2. The van der Waals surface area contributed by atoms with Crippen molar-refractivity contribution in [3.63, 3.8) is 0 Å². The molecule has 5 nitrogen and oxygen atoms in total. The van der Waals surface area contributed by atoms with Crippen molar-refractivity contribution in [2.45, 2.75) is 58.9 Å². The van der Waals surface area contributed by atoms with Crippen LogP contribution in [0, 0.1) is 12.8 Å². The lowest BCUT2D eigenvalue weighted by Crippen LogP contribution is -2.41. The van der Waals surface area contributed by atoms with Crippen LogP contribution in [0.5, 0.6) is 5.75 Å². The zero-order chi connectivity index (χ0) is 24.1. The molecule has 0 aromatic heterocycles. The van der Waals surface area contributed by atoms with E-state index >= 15 is 0 Å². The van der Waals surface area contributed by atoms with E-state index in [-0.39, 0.29) is 11.9 Å². The van der Waals surface area contributed by atoms with Crippen molar-refractivity contribution in [2.24, 2.45) is 5.92 Å². The molecule has 184 valence electrons. The largest absolute Gasteiger partial charge is 0.496 e. The second kappa shape index (κ2) is 11.3. The van der Waals surface area contributed by atoms with E-state index in [1.165, 1.54) is 51.7 Å². The Labute approximate surface area is 205 Å². The molecule has 0 saturated carbocycles. The van der Waals surface area contributed by atoms with Crippen molar-refractivity contribution in [3.05, 3.63) is 59.5 Å². The molecule has 4 rings (SSSR count). The van der Waals surface area contributed by atoms with Gasteiger partial charge in [-0.2, -0.15) is 0 Å². The van der Waals surface area contributed by atoms with Gasteiger partial charge in [-0.1, -0.05) is 18.6 Å². The average Bonchev–Trinajstić information content (AvgIpc) is 2.85. The lowest BCUT2D eigenvalue weighted by Gasteiger charge is -2.39. The number of ether oxygens (including phenoxy) is 1. The predicted molar refractivity (Wildman–Crippen MR) is 140 cm³/mol. The van der Waals surface area contributed by atoms with Gasteiger partial charge in [0, 0.05) is 31.9 Å². The zero-order valence-electron chi connectivity index (χ0n) is 21.4. The molecule has 1 atom stereocenters. The van der Waals surface area contributed by atoms with Crippen LogP contribution in [0.15, 0.2) is 48.3 Å². The van der Waals surface area contributed by atoms with Crippen molar-refractivity contribution in [1.82, 2.24) is 14.7 Å². The number of carbonyl (C=O) groups is 1. The first-order valence-corrected chi connectivity index (χ1v) is 13.0. The van der Waals surface area contributed by atoms with Gasteiger partial charge in [0.2, 0.25) is 0 Å². The maximum Gasteiger partial charge on any atom is 0.251 e. The summed E-state index contributed by atoms with van der Waals surface area (Å²) in [5, 5.41) is 0. The van der Waals surface area contributed by atoms with Crippen LogP contribution in [0.25, 0.3) is 5.57 Å². The first kappa shape index (κ1) is 24.6. The van der Waals surface area contributed by atoms with Gasteiger partial charge in [0.1, 0.15) is 5.75 Å². The van der Waals surface area contributed by atoms with Crippen molar-refractivity contribution in [1.29, 1.82) is 0 Å². The van der Waals surface area contributed by atoms with Crippen LogP contribution in [-0.2, 0) is 4.79 Å². The van der Waals surface area contributed by atoms with E-state index in [4.69, 9.17) is 4.74 Å². The van der Waals surface area contributed by atoms with E-state index in [2.05, 4.69) is 41.1 Å². The number of benzene rings is 1. The smallest absolute Gasteiger partial charge is 0.251 e. The predicted octanol–water partition coefficient (Wildman–Crippen LogP) is 5.23. The molecule has 2 saturated heterocycles. The summed E-state index contributed by atoms with van der Waals surface area (Å²) in [6.45, 7) is 12.1. The van der Waals surface area contributed by atoms with E-state index < -0.39 is 0 Å². The van der Waals surface area contributed by atoms with Gasteiger partial charge in [-0.3, -0.25) is 4.79 Å². The minimum atomic E-state index is 0.0281. The molecule has 2 fully saturated rings. The number of methoxy groups -OCH3 is 1. The first-order valence-electron chi connectivity index (χ1n) is 13.0. The molecular formula is C29H41N3O2. The molecule has 3 heterocycles. The number of hydrogen-bond acceptors (Lipinski definition) is 4. The van der Waals surface area contributed by atoms with Gasteiger partial charge in [-0.15, -0.1) is 0 Å². The van der Waals surface area contributed by atoms with Crippen LogP contribution in [0.2, 0.25) is 0 Å². The van der Waals surface area contributed by atoms with Gasteiger partial charge in [-0.25, -0.2) is 0 Å². The summed E-state index contributed by atoms with van der Waals surface area (Å²) in [5.74, 6) is 1.70. The SMILES string of the molecule is COc1ccc(/C(C)=C/C(=O)N2C=C(N3CCC(CN4CCCCC4)CC3)C=CC2C)cc1C. The Morgan fingerprint density at radius 2 is 1.85 bits per heavy atom. The summed E-state index contributed by atoms with van der Waals surface area (Å²) in [7, 11) is 1.68. The summed E-state index contributed by atoms with van der Waals surface area (Å²) >= 11 is 0. The number of aryl methyl sites for hydroxylation is 1. The molecule has 1 aromatic rings. The first-order chi connectivity index (χ1) is 16.4. The van der Waals surface area contributed by atoms with Crippen LogP contribution < -0.4 is 4.74 Å². The molecule has 0 bridgehead atoms. The van der Waals surface area contributed by atoms with Crippen molar-refractivity contribution >= 4 is 11.5 Å². The van der Waals surface area contributed by atoms with Crippen LogP contribution >= 0.6 is 0 Å². The number of allylic oxidation sites excluding steroid dienone is 2. The van der Waals surface area contributed by atoms with Gasteiger partial charge >= 0.3 is 0 Å². The summed E-state index contributed by atoms with van der Waals surface area (Å²) < 4.78 is 5.37. The quantitative estimate of drug-likeness (QED) is 0.541. The Kier molecular flexibility index (Phi) is 8.15. The topological polar surface area (TPSA) is 36.0 Å². The molecule has 0 N–H and O–H groups in total. The van der Waals surface area contributed by atoms with E-state index in [0.717, 1.165) is 47.2 Å². The second-order valence-corrected chi connectivity index (χ2v) is 10.2. The molecular weight excluding hydrogens is 422 g/mol. The Bertz CT molecular complexity index is 950. The number of rotatable bonds is 6. The minimum absolute atomic E-state index is 0.0281. The molecule has 1 unspecified atom stereocenters. The highest BCUT2D eigenvalue weighted by molar-refractivity contribution is 5.96. The normalized spacial score (nSPS) is 22.6. The molecule has 1 amide bonds. The third kappa shape index (κ3) is 5.93. The number of piperidine rings is 2. The number of carbonyl (C=O) groups excluding carboxylic acids is 1. The summed E-state index contributed by atoms with van der Waals surface area (Å²) in [5.41, 5.74) is 4.24. The Hall–Kier alpha value is -2.53. The number of nitrogens with zero attached hydrogens (tertiary/aromatic N) is 3. The highest BCUT2D eigenvalue weighted by Gasteiger charge is 2.26. The fourth-order valence-electron chi connectivity index (χ4n) is 5.43.